The zero-order chi connectivity index (χ0) is 18.2. The van der Waals surface area contributed by atoms with E-state index in [1.807, 2.05) is 38.1 Å². The number of hydrogen-bond acceptors (Lipinski definition) is 3. The van der Waals surface area contributed by atoms with Crippen molar-refractivity contribution in [2.45, 2.75) is 42.8 Å². The van der Waals surface area contributed by atoms with Crippen molar-refractivity contribution in [1.82, 2.24) is 5.43 Å². The van der Waals surface area contributed by atoms with Crippen LogP contribution in [0.1, 0.15) is 45.1 Å². The van der Waals surface area contributed by atoms with E-state index in [9.17, 15) is 9.59 Å². The minimum absolute atomic E-state index is 0.0994. The normalized spacial score (nSPS) is 25.0. The second kappa shape index (κ2) is 6.83. The van der Waals surface area contributed by atoms with Crippen molar-refractivity contribution in [1.29, 1.82) is 0 Å². The number of alkyl halides is 2. The summed E-state index contributed by atoms with van der Waals surface area (Å²) in [5, 5.41) is 7.13. The molecule has 25 heavy (non-hydrogen) atoms. The summed E-state index contributed by atoms with van der Waals surface area (Å²) in [7, 11) is 0. The number of halogens is 2. The lowest BCUT2D eigenvalue weighted by atomic mass is 9.85. The van der Waals surface area contributed by atoms with Gasteiger partial charge in [-0.25, -0.2) is 5.43 Å². The van der Waals surface area contributed by atoms with Gasteiger partial charge >= 0.3 is 0 Å². The molecule has 2 saturated carbocycles. The molecule has 0 aromatic heterocycles. The van der Waals surface area contributed by atoms with Gasteiger partial charge in [-0.05, 0) is 50.8 Å². The molecule has 1 unspecified atom stereocenters. The second-order valence-electron chi connectivity index (χ2n) is 7.05. The molecule has 5 nitrogen and oxygen atoms in total. The molecule has 0 bridgehead atoms. The number of amides is 2. The van der Waals surface area contributed by atoms with Gasteiger partial charge in [0.15, 0.2) is 0 Å². The Morgan fingerprint density at radius 1 is 1.20 bits per heavy atom. The van der Waals surface area contributed by atoms with Crippen molar-refractivity contribution in [3.63, 3.8) is 0 Å². The third-order valence-electron chi connectivity index (χ3n) is 5.13. The minimum Gasteiger partial charge on any atom is -0.326 e. The fraction of sp³-hybridized carbons (Fsp3) is 0.500. The first-order valence-corrected chi connectivity index (χ1v) is 9.95. The Balaban J connectivity index is 1.57. The zero-order valence-electron chi connectivity index (χ0n) is 14.2. The zero-order valence-corrected chi connectivity index (χ0v) is 17.4. The molecular weight excluding hydrogens is 450 g/mol. The molecule has 0 heterocycles. The summed E-state index contributed by atoms with van der Waals surface area (Å²) in [6, 6.07) is 7.49. The SMILES string of the molecule is CC(=NNC(=O)C1(C)CC1(Br)Br)c1ccc(NC(=O)C2CCC2)cc1. The van der Waals surface area contributed by atoms with Crippen LogP contribution >= 0.6 is 31.9 Å². The Hall–Kier alpha value is -1.21. The van der Waals surface area contributed by atoms with E-state index in [0.29, 0.717) is 5.71 Å². The first-order chi connectivity index (χ1) is 11.7. The number of anilines is 1. The van der Waals surface area contributed by atoms with E-state index in [2.05, 4.69) is 47.7 Å². The molecule has 134 valence electrons. The average Bonchev–Trinajstić information content (AvgIpc) is 3.03. The second-order valence-corrected chi connectivity index (χ2v) is 10.8. The highest BCUT2D eigenvalue weighted by Crippen LogP contribution is 2.66. The number of carbonyl (C=O) groups is 2. The fourth-order valence-corrected chi connectivity index (χ4v) is 4.16. The highest BCUT2D eigenvalue weighted by molar-refractivity contribution is 9.25. The summed E-state index contributed by atoms with van der Waals surface area (Å²) in [6.45, 7) is 3.73. The van der Waals surface area contributed by atoms with Gasteiger partial charge < -0.3 is 5.32 Å². The number of benzene rings is 1. The Morgan fingerprint density at radius 3 is 2.28 bits per heavy atom. The highest BCUT2D eigenvalue weighted by atomic mass is 79.9. The monoisotopic (exact) mass is 469 g/mol. The highest BCUT2D eigenvalue weighted by Gasteiger charge is 2.66. The van der Waals surface area contributed by atoms with E-state index >= 15 is 0 Å². The summed E-state index contributed by atoms with van der Waals surface area (Å²) in [6.07, 6.45) is 3.83. The number of carbonyl (C=O) groups excluding carboxylic acids is 2. The summed E-state index contributed by atoms with van der Waals surface area (Å²) < 4.78 is -0.333. The molecule has 2 aliphatic carbocycles. The van der Waals surface area contributed by atoms with Crippen molar-refractivity contribution in [3.05, 3.63) is 29.8 Å². The molecule has 0 radical (unpaired) electrons. The van der Waals surface area contributed by atoms with Gasteiger partial charge in [0.05, 0.1) is 14.4 Å². The Labute approximate surface area is 164 Å². The predicted molar refractivity (Wildman–Crippen MR) is 106 cm³/mol. The van der Waals surface area contributed by atoms with Crippen molar-refractivity contribution >= 4 is 55.1 Å². The Kier molecular flexibility index (Phi) is 5.08. The van der Waals surface area contributed by atoms with E-state index < -0.39 is 5.41 Å². The van der Waals surface area contributed by atoms with Crippen LogP contribution < -0.4 is 10.7 Å². The molecule has 1 aromatic rings. The van der Waals surface area contributed by atoms with Crippen LogP contribution in [0.25, 0.3) is 0 Å². The topological polar surface area (TPSA) is 70.6 Å². The van der Waals surface area contributed by atoms with Gasteiger partial charge in [0.2, 0.25) is 11.8 Å². The lowest BCUT2D eigenvalue weighted by Gasteiger charge is -2.24. The van der Waals surface area contributed by atoms with E-state index in [1.165, 1.54) is 0 Å². The molecule has 2 N–H and O–H groups in total. The van der Waals surface area contributed by atoms with Gasteiger partial charge in [0, 0.05) is 11.6 Å². The molecule has 3 rings (SSSR count). The molecule has 2 aliphatic rings. The molecule has 2 fully saturated rings. The van der Waals surface area contributed by atoms with Gasteiger partial charge in [-0.2, -0.15) is 5.10 Å². The average molecular weight is 471 g/mol. The number of hydrogen-bond donors (Lipinski definition) is 2. The smallest absolute Gasteiger partial charge is 0.248 e. The molecule has 0 aliphatic heterocycles. The van der Waals surface area contributed by atoms with E-state index in [1.54, 1.807) is 0 Å². The first kappa shape index (κ1) is 18.6. The molecule has 0 spiro atoms. The minimum atomic E-state index is -0.494. The largest absolute Gasteiger partial charge is 0.326 e. The van der Waals surface area contributed by atoms with Crippen LogP contribution in [0.15, 0.2) is 29.4 Å². The molecule has 1 aromatic carbocycles. The fourth-order valence-electron chi connectivity index (χ4n) is 2.68. The van der Waals surface area contributed by atoms with Crippen LogP contribution in [-0.2, 0) is 9.59 Å². The number of hydrazone groups is 1. The third kappa shape index (κ3) is 3.82. The van der Waals surface area contributed by atoms with Crippen LogP contribution in [0.3, 0.4) is 0 Å². The lowest BCUT2D eigenvalue weighted by Crippen LogP contribution is -2.30. The predicted octanol–water partition coefficient (Wildman–Crippen LogP) is 4.16. The van der Waals surface area contributed by atoms with Crippen molar-refractivity contribution in [2.24, 2.45) is 16.4 Å². The summed E-state index contributed by atoms with van der Waals surface area (Å²) in [5.41, 5.74) is 4.53. The summed E-state index contributed by atoms with van der Waals surface area (Å²) in [5.74, 6) is 0.144. The maximum atomic E-state index is 12.2. The maximum Gasteiger partial charge on any atom is 0.248 e. The van der Waals surface area contributed by atoms with Crippen molar-refractivity contribution in [2.75, 3.05) is 5.32 Å². The third-order valence-corrected chi connectivity index (χ3v) is 7.44. The van der Waals surface area contributed by atoms with Gasteiger partial charge in [0.1, 0.15) is 0 Å². The van der Waals surface area contributed by atoms with Crippen LogP contribution in [-0.4, -0.2) is 20.8 Å². The van der Waals surface area contributed by atoms with Gasteiger partial charge in [-0.1, -0.05) is 50.4 Å². The van der Waals surface area contributed by atoms with Gasteiger partial charge in [-0.3, -0.25) is 9.59 Å². The Morgan fingerprint density at radius 2 is 1.80 bits per heavy atom. The lowest BCUT2D eigenvalue weighted by molar-refractivity contribution is -0.125. The standard InChI is InChI=1S/C18H21Br2N3O2/c1-11(22-23-16(25)17(2)10-18(17,19)20)12-6-8-14(9-7-12)21-15(24)13-4-3-5-13/h6-9,13H,3-5,10H2,1-2H3,(H,21,24)(H,23,25). The number of nitrogens with zero attached hydrogens (tertiary/aromatic N) is 1. The molecule has 0 saturated heterocycles. The molecule has 2 amide bonds. The van der Waals surface area contributed by atoms with Crippen molar-refractivity contribution in [3.8, 4) is 0 Å². The van der Waals surface area contributed by atoms with E-state index in [0.717, 1.165) is 36.9 Å². The quantitative estimate of drug-likeness (QED) is 0.385. The van der Waals surface area contributed by atoms with Crippen LogP contribution in [0, 0.1) is 11.3 Å². The summed E-state index contributed by atoms with van der Waals surface area (Å²) >= 11 is 6.96. The van der Waals surface area contributed by atoms with Gasteiger partial charge in [-0.15, -0.1) is 0 Å². The Bertz CT molecular complexity index is 726. The summed E-state index contributed by atoms with van der Waals surface area (Å²) in [4.78, 5) is 24.2. The van der Waals surface area contributed by atoms with E-state index in [-0.39, 0.29) is 21.0 Å². The maximum absolute atomic E-state index is 12.2. The van der Waals surface area contributed by atoms with Crippen LogP contribution in [0.5, 0.6) is 0 Å². The van der Waals surface area contributed by atoms with Crippen LogP contribution in [0.2, 0.25) is 0 Å². The first-order valence-electron chi connectivity index (χ1n) is 8.37. The van der Waals surface area contributed by atoms with Crippen LogP contribution in [0.4, 0.5) is 5.69 Å². The molecular formula is C18H21Br2N3O2. The molecule has 7 heteroatoms. The van der Waals surface area contributed by atoms with E-state index in [4.69, 9.17) is 0 Å². The van der Waals surface area contributed by atoms with Gasteiger partial charge in [0.25, 0.3) is 0 Å². The number of nitrogens with one attached hydrogen (secondary N) is 2. The number of rotatable bonds is 5. The molecule has 1 atom stereocenters. The van der Waals surface area contributed by atoms with Crippen molar-refractivity contribution < 1.29 is 9.59 Å².